The molecule has 6 atom stereocenters. The third-order valence-electron chi connectivity index (χ3n) is 11.3. The zero-order chi connectivity index (χ0) is 40.2. The zero-order valence-corrected chi connectivity index (χ0v) is 46.3. The van der Waals surface area contributed by atoms with Gasteiger partial charge in [0.15, 0.2) is 0 Å². The van der Waals surface area contributed by atoms with E-state index in [1.54, 1.807) is 8.70 Å². The van der Waals surface area contributed by atoms with Gasteiger partial charge in [0, 0.05) is 0 Å². The summed E-state index contributed by atoms with van der Waals surface area (Å²) in [6, 6.07) is 74.3. The second-order valence-corrected chi connectivity index (χ2v) is 109. The molecule has 0 aliphatic carbocycles. The zero-order valence-electron chi connectivity index (χ0n) is 35.0. The number of hydrogen-bond donors (Lipinski definition) is 0. The van der Waals surface area contributed by atoms with Crippen LogP contribution >= 0.6 is 0 Å². The van der Waals surface area contributed by atoms with Crippen molar-refractivity contribution < 1.29 is 0 Å². The molecule has 6 aromatic carbocycles. The third kappa shape index (κ3) is 13.8. The van der Waals surface area contributed by atoms with Crippen LogP contribution in [0.2, 0.25) is 10.4 Å². The average Bonchev–Trinajstić information content (AvgIpc) is 3.31. The van der Waals surface area contributed by atoms with E-state index < -0.39 is 67.2 Å². The van der Waals surface area contributed by atoms with Crippen LogP contribution in [0, 0.1) is 0 Å². The van der Waals surface area contributed by atoms with E-state index in [1.807, 2.05) is 17.4 Å². The van der Waals surface area contributed by atoms with Gasteiger partial charge in [-0.2, -0.15) is 0 Å². The van der Waals surface area contributed by atoms with Gasteiger partial charge < -0.3 is 0 Å². The molecule has 1 aliphatic rings. The van der Waals surface area contributed by atoms with Gasteiger partial charge in [-0.3, -0.25) is 0 Å². The van der Waals surface area contributed by atoms with Crippen LogP contribution in [0.5, 0.6) is 0 Å². The minimum atomic E-state index is -1.69. The van der Waals surface area contributed by atoms with Crippen LogP contribution in [0.15, 0.2) is 182 Å². The molecule has 1 aliphatic heterocycles. The summed E-state index contributed by atoms with van der Waals surface area (Å²) >= 11 is -2.99. The van der Waals surface area contributed by atoms with E-state index in [2.05, 4.69) is 182 Å². The standard InChI is InChI=1S/C53H64As6/c1-2-4-6-8-10-12-32-46-54(48-34-20-14-21-35-48)56(50-38-24-16-25-39-50)58(52-42-28-18-29-43-52)59(53-44-30-19-31-45-53)57(51-40-26-17-27-41-51)55(49-36-22-15-23-37-49)47-33-13-11-9-7-5-3-1/h14-31,34-45H,1-13,32-33,46-47H2. The van der Waals surface area contributed by atoms with E-state index in [9.17, 15) is 0 Å². The molecule has 6 aromatic rings. The van der Waals surface area contributed by atoms with Gasteiger partial charge in [0.1, 0.15) is 0 Å². The van der Waals surface area contributed by atoms with E-state index in [4.69, 9.17) is 0 Å². The Labute approximate surface area is 377 Å². The van der Waals surface area contributed by atoms with Crippen molar-refractivity contribution in [2.24, 2.45) is 0 Å². The van der Waals surface area contributed by atoms with Crippen molar-refractivity contribution >= 4 is 93.4 Å². The van der Waals surface area contributed by atoms with Gasteiger partial charge in [0.25, 0.3) is 0 Å². The van der Waals surface area contributed by atoms with Crippen LogP contribution in [0.1, 0.15) is 96.3 Å². The quantitative estimate of drug-likeness (QED) is 0.146. The fourth-order valence-electron chi connectivity index (χ4n) is 8.23. The molecule has 6 heteroatoms. The molecule has 1 saturated heterocycles. The van der Waals surface area contributed by atoms with Gasteiger partial charge in [-0.1, -0.05) is 0 Å². The summed E-state index contributed by atoms with van der Waals surface area (Å²) in [7, 11) is -6.62. The van der Waals surface area contributed by atoms with Crippen LogP contribution in [0.4, 0.5) is 0 Å². The fourth-order valence-corrected chi connectivity index (χ4v) is 412. The molecule has 59 heavy (non-hydrogen) atoms. The Morgan fingerprint density at radius 1 is 0.186 bits per heavy atom. The van der Waals surface area contributed by atoms with Crippen molar-refractivity contribution in [3.63, 3.8) is 0 Å². The predicted octanol–water partition coefficient (Wildman–Crippen LogP) is 9.66. The molecule has 0 N–H and O–H groups in total. The van der Waals surface area contributed by atoms with Gasteiger partial charge in [-0.15, -0.1) is 0 Å². The molecule has 0 amide bonds. The summed E-state index contributed by atoms with van der Waals surface area (Å²) in [5.41, 5.74) is 0. The summed E-state index contributed by atoms with van der Waals surface area (Å²) in [5.74, 6) is 0. The molecule has 0 aromatic heterocycles. The Kier molecular flexibility index (Phi) is 20.4. The Balaban J connectivity index is 1.44. The Morgan fingerprint density at radius 2 is 0.373 bits per heavy atom. The van der Waals surface area contributed by atoms with Gasteiger partial charge in [0.2, 0.25) is 0 Å². The first-order valence-corrected chi connectivity index (χ1v) is 56.7. The molecule has 0 radical (unpaired) electrons. The predicted molar refractivity (Wildman–Crippen MR) is 270 cm³/mol. The summed E-state index contributed by atoms with van der Waals surface area (Å²) < 4.78 is 10.8. The normalized spacial score (nSPS) is 23.8. The minimum absolute atomic E-state index is 1.42. The first kappa shape index (κ1) is 45.7. The molecule has 1 heterocycles. The summed E-state index contributed by atoms with van der Waals surface area (Å²) in [4.78, 5) is 0. The second kappa shape index (κ2) is 26.3. The topological polar surface area (TPSA) is 0 Å². The molecule has 7 rings (SSSR count). The van der Waals surface area contributed by atoms with Gasteiger partial charge in [0.05, 0.1) is 0 Å². The third-order valence-corrected chi connectivity index (χ3v) is 219. The first-order valence-electron chi connectivity index (χ1n) is 22.4. The summed E-state index contributed by atoms with van der Waals surface area (Å²) in [6.07, 6.45) is 21.5. The van der Waals surface area contributed by atoms with Gasteiger partial charge in [-0.05, 0) is 0 Å². The van der Waals surface area contributed by atoms with Crippen molar-refractivity contribution in [2.75, 3.05) is 0 Å². The van der Waals surface area contributed by atoms with Crippen LogP contribution < -0.4 is 26.1 Å². The Bertz CT molecular complexity index is 1840. The summed E-state index contributed by atoms with van der Waals surface area (Å²) in [5, 5.41) is 2.97. The molecule has 0 nitrogen and oxygen atoms in total. The van der Waals surface area contributed by atoms with Crippen LogP contribution in [0.3, 0.4) is 0 Å². The molecular formula is C53H64As6. The van der Waals surface area contributed by atoms with E-state index in [1.165, 1.54) is 107 Å². The molecular weight excluding hydrogens is 1090 g/mol. The molecule has 6 unspecified atom stereocenters. The van der Waals surface area contributed by atoms with E-state index in [-0.39, 0.29) is 0 Å². The van der Waals surface area contributed by atoms with Crippen molar-refractivity contribution in [3.05, 3.63) is 182 Å². The second-order valence-electron chi connectivity index (χ2n) is 15.7. The van der Waals surface area contributed by atoms with Crippen molar-refractivity contribution in [1.82, 2.24) is 0 Å². The fraction of sp³-hybridized carbons (Fsp3) is 0.321. The average molecular weight is 1150 g/mol. The number of rotatable bonds is 6. The molecule has 306 valence electrons. The Morgan fingerprint density at radius 3 is 0.610 bits per heavy atom. The van der Waals surface area contributed by atoms with Gasteiger partial charge >= 0.3 is 382 Å². The van der Waals surface area contributed by atoms with Crippen molar-refractivity contribution in [1.29, 1.82) is 0 Å². The van der Waals surface area contributed by atoms with E-state index in [0.717, 1.165) is 0 Å². The number of benzene rings is 6. The molecule has 0 bridgehead atoms. The molecule has 0 spiro atoms. The first-order chi connectivity index (χ1) is 29.4. The van der Waals surface area contributed by atoms with Crippen LogP contribution in [0.25, 0.3) is 0 Å². The van der Waals surface area contributed by atoms with Crippen molar-refractivity contribution in [2.45, 2.75) is 107 Å². The van der Waals surface area contributed by atoms with Crippen LogP contribution in [-0.2, 0) is 0 Å². The molecule has 1 fully saturated rings. The summed E-state index contributed by atoms with van der Waals surface area (Å²) in [6.45, 7) is 0. The maximum absolute atomic E-state index is 2.66. The number of hydrogen-bond acceptors (Lipinski definition) is 0. The van der Waals surface area contributed by atoms with Crippen LogP contribution in [-0.4, -0.2) is 67.2 Å². The van der Waals surface area contributed by atoms with Crippen molar-refractivity contribution in [3.8, 4) is 0 Å². The van der Waals surface area contributed by atoms with E-state index in [0.29, 0.717) is 0 Å². The Hall–Kier alpha value is -1.33. The van der Waals surface area contributed by atoms with Gasteiger partial charge in [-0.25, -0.2) is 0 Å². The SMILES string of the molecule is c1ccc([As]2CCCCCCCCCCCCCCCCC[As](c3ccccc3)[As](c3ccccc3)[As](c3ccccc3)[As](c3ccccc3)[As]2c2ccccc2)cc1. The maximum atomic E-state index is 2.66. The molecule has 0 saturated carbocycles. The monoisotopic (exact) mass is 1150 g/mol. The van der Waals surface area contributed by atoms with E-state index >= 15 is 0 Å².